The summed E-state index contributed by atoms with van der Waals surface area (Å²) in [6.45, 7) is 6.78. The zero-order valence-corrected chi connectivity index (χ0v) is 20.4. The van der Waals surface area contributed by atoms with Gasteiger partial charge in [0.05, 0.1) is 0 Å². The number of carbonyl (C=O) groups excluding carboxylic acids is 2. The largest absolute Gasteiger partial charge is 0.480 e. The highest BCUT2D eigenvalue weighted by molar-refractivity contribution is 6.04. The van der Waals surface area contributed by atoms with Crippen molar-refractivity contribution in [2.45, 2.75) is 51.6 Å². The second-order valence-electron chi connectivity index (χ2n) is 9.58. The lowest BCUT2D eigenvalue weighted by Gasteiger charge is -2.19. The van der Waals surface area contributed by atoms with Crippen LogP contribution in [0.5, 0.6) is 0 Å². The summed E-state index contributed by atoms with van der Waals surface area (Å²) in [5.41, 5.74) is 4.58. The van der Waals surface area contributed by atoms with Crippen LogP contribution in [-0.2, 0) is 21.5 Å². The van der Waals surface area contributed by atoms with Gasteiger partial charge >= 0.3 is 5.97 Å². The lowest BCUT2D eigenvalue weighted by Crippen LogP contribution is -2.38. The molecule has 1 atom stereocenters. The lowest BCUT2D eigenvalue weighted by atomic mass is 9.87. The number of hydrogen-bond acceptors (Lipinski definition) is 4. The normalized spacial score (nSPS) is 12.1. The molecule has 0 aliphatic carbocycles. The summed E-state index contributed by atoms with van der Waals surface area (Å²) < 4.78 is 0. The van der Waals surface area contributed by atoms with E-state index in [9.17, 15) is 19.5 Å². The molecule has 6 heteroatoms. The maximum absolute atomic E-state index is 12.4. The number of benzene rings is 3. The zero-order chi connectivity index (χ0) is 25.4. The van der Waals surface area contributed by atoms with Crippen LogP contribution in [0.25, 0.3) is 11.1 Å². The summed E-state index contributed by atoms with van der Waals surface area (Å²) in [6, 6.07) is 23.9. The van der Waals surface area contributed by atoms with Gasteiger partial charge in [-0.2, -0.15) is 0 Å². The molecule has 0 saturated heterocycles. The number of carbonyl (C=O) groups is 3. The van der Waals surface area contributed by atoms with Gasteiger partial charge in [-0.1, -0.05) is 87.5 Å². The Morgan fingerprint density at radius 2 is 1.43 bits per heavy atom. The molecule has 3 N–H and O–H groups in total. The van der Waals surface area contributed by atoms with Crippen molar-refractivity contribution in [3.63, 3.8) is 0 Å². The number of carboxylic acid groups (broad SMARTS) is 1. The minimum Gasteiger partial charge on any atom is -0.480 e. The Labute approximate surface area is 206 Å². The Hall–Kier alpha value is -3.77. The third-order valence-electron chi connectivity index (χ3n) is 5.84. The van der Waals surface area contributed by atoms with Gasteiger partial charge in [0.2, 0.25) is 5.91 Å². The lowest BCUT2D eigenvalue weighted by molar-refractivity contribution is -0.139. The molecule has 0 bridgehead atoms. The van der Waals surface area contributed by atoms with E-state index in [2.05, 4.69) is 31.4 Å². The topological polar surface area (TPSA) is 95.5 Å². The van der Waals surface area contributed by atoms with E-state index in [1.807, 2.05) is 66.7 Å². The summed E-state index contributed by atoms with van der Waals surface area (Å²) >= 11 is 0. The number of carboxylic acids is 1. The highest BCUT2D eigenvalue weighted by Gasteiger charge is 2.20. The third kappa shape index (κ3) is 7.62. The van der Waals surface area contributed by atoms with Crippen LogP contribution in [0.2, 0.25) is 0 Å². The van der Waals surface area contributed by atoms with E-state index >= 15 is 0 Å². The predicted octanol–water partition coefficient (Wildman–Crippen LogP) is 4.93. The summed E-state index contributed by atoms with van der Waals surface area (Å²) in [6.07, 6.45) is -0.0117. The van der Waals surface area contributed by atoms with E-state index in [1.165, 1.54) is 5.56 Å². The summed E-state index contributed by atoms with van der Waals surface area (Å²) in [7, 11) is 0. The van der Waals surface area contributed by atoms with Crippen molar-refractivity contribution in [3.8, 4) is 11.1 Å². The molecule has 6 nitrogen and oxygen atoms in total. The van der Waals surface area contributed by atoms with E-state index in [1.54, 1.807) is 12.1 Å². The summed E-state index contributed by atoms with van der Waals surface area (Å²) in [5, 5.41) is 14.9. The van der Waals surface area contributed by atoms with Crippen molar-refractivity contribution >= 4 is 17.8 Å². The first-order chi connectivity index (χ1) is 16.6. The molecule has 0 radical (unpaired) electrons. The number of imide groups is 1. The fraction of sp³-hybridized carbons (Fsp3) is 0.276. The molecular weight excluding hydrogens is 440 g/mol. The molecule has 3 rings (SSSR count). The third-order valence-corrected chi connectivity index (χ3v) is 5.84. The average molecular weight is 473 g/mol. The minimum absolute atomic E-state index is 0.0459. The van der Waals surface area contributed by atoms with Crippen LogP contribution >= 0.6 is 0 Å². The molecule has 0 fully saturated rings. The molecule has 2 amide bonds. The first kappa shape index (κ1) is 25.8. The molecular formula is C29H32N2O4. The summed E-state index contributed by atoms with van der Waals surface area (Å²) in [4.78, 5) is 36.4. The Morgan fingerprint density at radius 3 is 2.00 bits per heavy atom. The molecule has 0 spiro atoms. The SMILES string of the molecule is CC(C)(C)c1ccc(CN[C@@H](CCC(=O)NC(=O)c2ccc(-c3ccccc3)cc2)C(=O)O)cc1. The molecule has 182 valence electrons. The molecule has 0 aromatic heterocycles. The van der Waals surface area contributed by atoms with E-state index in [0.717, 1.165) is 16.7 Å². The van der Waals surface area contributed by atoms with Gasteiger partial charge in [0.25, 0.3) is 5.91 Å². The van der Waals surface area contributed by atoms with Crippen molar-refractivity contribution in [2.75, 3.05) is 0 Å². The molecule has 0 unspecified atom stereocenters. The number of nitrogens with one attached hydrogen (secondary N) is 2. The van der Waals surface area contributed by atoms with Gasteiger partial charge in [-0.25, -0.2) is 0 Å². The first-order valence-electron chi connectivity index (χ1n) is 11.7. The van der Waals surface area contributed by atoms with Gasteiger partial charge in [-0.3, -0.25) is 19.7 Å². The molecule has 0 aliphatic heterocycles. The highest BCUT2D eigenvalue weighted by Crippen LogP contribution is 2.22. The fourth-order valence-corrected chi connectivity index (χ4v) is 3.66. The average Bonchev–Trinajstić information content (AvgIpc) is 2.84. The van der Waals surface area contributed by atoms with Crippen molar-refractivity contribution in [2.24, 2.45) is 0 Å². The van der Waals surface area contributed by atoms with E-state index < -0.39 is 23.8 Å². The monoisotopic (exact) mass is 472 g/mol. The number of amides is 2. The molecule has 0 saturated carbocycles. The van der Waals surface area contributed by atoms with Crippen molar-refractivity contribution in [1.29, 1.82) is 0 Å². The maximum atomic E-state index is 12.4. The van der Waals surface area contributed by atoms with E-state index in [-0.39, 0.29) is 18.3 Å². The van der Waals surface area contributed by atoms with Crippen LogP contribution < -0.4 is 10.6 Å². The zero-order valence-electron chi connectivity index (χ0n) is 20.4. The Bertz CT molecular complexity index is 1150. The van der Waals surface area contributed by atoms with Crippen LogP contribution in [0.1, 0.15) is 55.1 Å². The smallest absolute Gasteiger partial charge is 0.320 e. The van der Waals surface area contributed by atoms with E-state index in [0.29, 0.717) is 12.1 Å². The molecule has 3 aromatic rings. The van der Waals surface area contributed by atoms with Crippen LogP contribution in [0.15, 0.2) is 78.9 Å². The van der Waals surface area contributed by atoms with Gasteiger partial charge < -0.3 is 10.4 Å². The standard InChI is InChI=1S/C29H32N2O4/c1-29(2,3)24-15-9-20(10-16-24)19-30-25(28(34)35)17-18-26(32)31-27(33)23-13-11-22(12-14-23)21-7-5-4-6-8-21/h4-16,25,30H,17-19H2,1-3H3,(H,34,35)(H,31,32,33)/t25-/m0/s1. The number of aliphatic carboxylic acids is 1. The highest BCUT2D eigenvalue weighted by atomic mass is 16.4. The van der Waals surface area contributed by atoms with Crippen molar-refractivity contribution in [3.05, 3.63) is 95.6 Å². The Morgan fingerprint density at radius 1 is 0.829 bits per heavy atom. The second-order valence-corrected chi connectivity index (χ2v) is 9.58. The number of hydrogen-bond donors (Lipinski definition) is 3. The molecule has 3 aromatic carbocycles. The first-order valence-corrected chi connectivity index (χ1v) is 11.7. The Kier molecular flexibility index (Phi) is 8.55. The van der Waals surface area contributed by atoms with Crippen LogP contribution in [-0.4, -0.2) is 28.9 Å². The quantitative estimate of drug-likeness (QED) is 0.410. The Balaban J connectivity index is 1.49. The molecule has 0 heterocycles. The fourth-order valence-electron chi connectivity index (χ4n) is 3.66. The van der Waals surface area contributed by atoms with Gasteiger partial charge in [-0.15, -0.1) is 0 Å². The predicted molar refractivity (Wildman–Crippen MR) is 137 cm³/mol. The summed E-state index contributed by atoms with van der Waals surface area (Å²) in [5.74, 6) is -2.05. The van der Waals surface area contributed by atoms with E-state index in [4.69, 9.17) is 0 Å². The molecule has 35 heavy (non-hydrogen) atoms. The van der Waals surface area contributed by atoms with Crippen LogP contribution in [0.4, 0.5) is 0 Å². The minimum atomic E-state index is -1.04. The van der Waals surface area contributed by atoms with Crippen molar-refractivity contribution in [1.82, 2.24) is 10.6 Å². The van der Waals surface area contributed by atoms with Gasteiger partial charge in [0.15, 0.2) is 0 Å². The number of rotatable bonds is 9. The van der Waals surface area contributed by atoms with Gasteiger partial charge in [0, 0.05) is 18.5 Å². The molecule has 0 aliphatic rings. The van der Waals surface area contributed by atoms with Crippen molar-refractivity contribution < 1.29 is 19.5 Å². The van der Waals surface area contributed by atoms with Crippen LogP contribution in [0, 0.1) is 0 Å². The van der Waals surface area contributed by atoms with Gasteiger partial charge in [-0.05, 0) is 46.2 Å². The van der Waals surface area contributed by atoms with Crippen LogP contribution in [0.3, 0.4) is 0 Å². The maximum Gasteiger partial charge on any atom is 0.320 e. The van der Waals surface area contributed by atoms with Gasteiger partial charge in [0.1, 0.15) is 6.04 Å². The second kappa shape index (κ2) is 11.6.